The van der Waals surface area contributed by atoms with E-state index in [1.54, 1.807) is 0 Å². The smallest absolute Gasteiger partial charge is 0.0471 e. The largest absolute Gasteiger partial charge is 0.261 e. The summed E-state index contributed by atoms with van der Waals surface area (Å²) in [6, 6.07) is 4.30. The van der Waals surface area contributed by atoms with Crippen LogP contribution in [0, 0.1) is 5.41 Å². The van der Waals surface area contributed by atoms with Crippen LogP contribution in [0.4, 0.5) is 0 Å². The summed E-state index contributed by atoms with van der Waals surface area (Å²) in [5, 5.41) is 0. The Morgan fingerprint density at radius 1 is 1.36 bits per heavy atom. The minimum absolute atomic E-state index is 0.351. The average molecular weight is 189 g/mol. The average Bonchev–Trinajstić information content (AvgIpc) is 2.15. The van der Waals surface area contributed by atoms with Crippen LogP contribution in [0.1, 0.15) is 50.8 Å². The molecule has 0 spiro atoms. The Kier molecular flexibility index (Phi) is 2.34. The van der Waals surface area contributed by atoms with E-state index in [4.69, 9.17) is 0 Å². The molecule has 0 aliphatic heterocycles. The maximum Gasteiger partial charge on any atom is 0.0471 e. The van der Waals surface area contributed by atoms with Gasteiger partial charge in [0.15, 0.2) is 0 Å². The summed E-state index contributed by atoms with van der Waals surface area (Å²) in [5.41, 5.74) is 3.17. The van der Waals surface area contributed by atoms with Crippen molar-refractivity contribution in [2.45, 2.75) is 46.0 Å². The van der Waals surface area contributed by atoms with Crippen molar-refractivity contribution in [1.82, 2.24) is 4.98 Å². The van der Waals surface area contributed by atoms with E-state index in [0.717, 1.165) is 0 Å². The fourth-order valence-corrected chi connectivity index (χ4v) is 2.45. The summed E-state index contributed by atoms with van der Waals surface area (Å²) in [6.07, 6.45) is 5.77. The highest BCUT2D eigenvalue weighted by Crippen LogP contribution is 2.42. The van der Waals surface area contributed by atoms with E-state index in [2.05, 4.69) is 37.9 Å². The maximum atomic E-state index is 4.57. The molecular formula is C13H19N. The lowest BCUT2D eigenvalue weighted by Gasteiger charge is -2.34. The van der Waals surface area contributed by atoms with E-state index in [0.29, 0.717) is 11.3 Å². The molecular weight excluding hydrogens is 170 g/mol. The van der Waals surface area contributed by atoms with Crippen LogP contribution < -0.4 is 0 Å². The highest BCUT2D eigenvalue weighted by molar-refractivity contribution is 5.27. The molecule has 1 heteroatoms. The zero-order valence-corrected chi connectivity index (χ0v) is 9.38. The van der Waals surface area contributed by atoms with E-state index >= 15 is 0 Å². The van der Waals surface area contributed by atoms with E-state index < -0.39 is 0 Å². The Morgan fingerprint density at radius 2 is 2.14 bits per heavy atom. The monoisotopic (exact) mass is 189 g/mol. The van der Waals surface area contributed by atoms with Gasteiger partial charge in [-0.3, -0.25) is 4.98 Å². The van der Waals surface area contributed by atoms with Crippen molar-refractivity contribution < 1.29 is 0 Å². The Morgan fingerprint density at radius 3 is 2.86 bits per heavy atom. The van der Waals surface area contributed by atoms with Gasteiger partial charge in [0.2, 0.25) is 0 Å². The molecule has 1 aromatic rings. The van der Waals surface area contributed by atoms with Gasteiger partial charge in [-0.1, -0.05) is 26.8 Å². The van der Waals surface area contributed by atoms with Crippen LogP contribution in [0.5, 0.6) is 0 Å². The van der Waals surface area contributed by atoms with Gasteiger partial charge in [-0.05, 0) is 36.3 Å². The lowest BCUT2D eigenvalue weighted by atomic mass is 9.71. The van der Waals surface area contributed by atoms with Crippen molar-refractivity contribution in [3.63, 3.8) is 0 Å². The molecule has 0 unspecified atom stereocenters. The van der Waals surface area contributed by atoms with E-state index in [9.17, 15) is 0 Å². The van der Waals surface area contributed by atoms with Crippen molar-refractivity contribution >= 4 is 0 Å². The summed E-state index contributed by atoms with van der Waals surface area (Å²) in [6.45, 7) is 6.96. The summed E-state index contributed by atoms with van der Waals surface area (Å²) < 4.78 is 0. The van der Waals surface area contributed by atoms with Gasteiger partial charge < -0.3 is 0 Å². The second-order valence-electron chi connectivity index (χ2n) is 5.36. The summed E-state index contributed by atoms with van der Waals surface area (Å²) in [4.78, 5) is 4.57. The third-order valence-electron chi connectivity index (χ3n) is 3.24. The van der Waals surface area contributed by atoms with Crippen molar-refractivity contribution in [2.24, 2.45) is 5.41 Å². The van der Waals surface area contributed by atoms with Gasteiger partial charge in [0, 0.05) is 17.8 Å². The van der Waals surface area contributed by atoms with Gasteiger partial charge in [-0.15, -0.1) is 0 Å². The van der Waals surface area contributed by atoms with Gasteiger partial charge in [0.1, 0.15) is 0 Å². The third-order valence-corrected chi connectivity index (χ3v) is 3.24. The first-order valence-corrected chi connectivity index (χ1v) is 5.53. The Hall–Kier alpha value is -0.850. The summed E-state index contributed by atoms with van der Waals surface area (Å²) in [7, 11) is 0. The molecule has 76 valence electrons. The molecule has 2 rings (SSSR count). The van der Waals surface area contributed by atoms with Crippen LogP contribution >= 0.6 is 0 Å². The molecule has 1 heterocycles. The highest BCUT2D eigenvalue weighted by Gasteiger charge is 2.31. The zero-order chi connectivity index (χ0) is 10.2. The van der Waals surface area contributed by atoms with E-state index in [1.807, 2.05) is 6.20 Å². The van der Waals surface area contributed by atoms with Crippen LogP contribution in [0.3, 0.4) is 0 Å². The SMILES string of the molecule is CC(C)(C)[C@@H]1CCCc2cccnc21. The molecule has 0 aromatic carbocycles. The van der Waals surface area contributed by atoms with Crippen molar-refractivity contribution in [3.05, 3.63) is 29.6 Å². The number of hydrogen-bond acceptors (Lipinski definition) is 1. The molecule has 1 atom stereocenters. The van der Waals surface area contributed by atoms with Crippen molar-refractivity contribution in [2.75, 3.05) is 0 Å². The molecule has 1 aromatic heterocycles. The molecule has 0 saturated carbocycles. The fraction of sp³-hybridized carbons (Fsp3) is 0.615. The predicted octanol–water partition coefficient (Wildman–Crippen LogP) is 3.55. The topological polar surface area (TPSA) is 12.9 Å². The summed E-state index contributed by atoms with van der Waals surface area (Å²) >= 11 is 0. The lowest BCUT2D eigenvalue weighted by molar-refractivity contribution is 0.283. The van der Waals surface area contributed by atoms with Crippen LogP contribution in [0.2, 0.25) is 0 Å². The number of aryl methyl sites for hydroxylation is 1. The number of fused-ring (bicyclic) bond motifs is 1. The molecule has 0 fully saturated rings. The fourth-order valence-electron chi connectivity index (χ4n) is 2.45. The minimum Gasteiger partial charge on any atom is -0.261 e. The van der Waals surface area contributed by atoms with E-state index in [-0.39, 0.29) is 0 Å². The minimum atomic E-state index is 0.351. The second-order valence-corrected chi connectivity index (χ2v) is 5.36. The van der Waals surface area contributed by atoms with Gasteiger partial charge in [-0.2, -0.15) is 0 Å². The molecule has 0 amide bonds. The van der Waals surface area contributed by atoms with Crippen LogP contribution in [0.15, 0.2) is 18.3 Å². The van der Waals surface area contributed by atoms with Gasteiger partial charge in [-0.25, -0.2) is 0 Å². The molecule has 0 radical (unpaired) electrons. The van der Waals surface area contributed by atoms with Crippen molar-refractivity contribution in [1.29, 1.82) is 0 Å². The molecule has 0 bridgehead atoms. The first-order valence-electron chi connectivity index (χ1n) is 5.53. The highest BCUT2D eigenvalue weighted by atomic mass is 14.7. The number of aromatic nitrogens is 1. The first kappa shape index (κ1) is 9.70. The molecule has 1 nitrogen and oxygen atoms in total. The third kappa shape index (κ3) is 1.68. The van der Waals surface area contributed by atoms with Gasteiger partial charge in [0.05, 0.1) is 0 Å². The number of pyridine rings is 1. The number of rotatable bonds is 0. The Balaban J connectivity index is 2.41. The quantitative estimate of drug-likeness (QED) is 0.608. The van der Waals surface area contributed by atoms with Crippen LogP contribution in [-0.2, 0) is 6.42 Å². The summed E-state index contributed by atoms with van der Waals surface area (Å²) in [5.74, 6) is 0.646. The van der Waals surface area contributed by atoms with Crippen LogP contribution in [-0.4, -0.2) is 4.98 Å². The normalized spacial score (nSPS) is 21.8. The molecule has 0 saturated heterocycles. The van der Waals surface area contributed by atoms with Crippen molar-refractivity contribution in [3.8, 4) is 0 Å². The Bertz CT molecular complexity index is 322. The van der Waals surface area contributed by atoms with Crippen LogP contribution in [0.25, 0.3) is 0 Å². The van der Waals surface area contributed by atoms with Gasteiger partial charge >= 0.3 is 0 Å². The predicted molar refractivity (Wildman–Crippen MR) is 59.4 cm³/mol. The molecule has 0 N–H and O–H groups in total. The van der Waals surface area contributed by atoms with Gasteiger partial charge in [0.25, 0.3) is 0 Å². The Labute approximate surface area is 86.6 Å². The second kappa shape index (κ2) is 3.38. The van der Waals surface area contributed by atoms with E-state index in [1.165, 1.54) is 30.5 Å². The number of nitrogens with zero attached hydrogens (tertiary/aromatic N) is 1. The maximum absolute atomic E-state index is 4.57. The number of hydrogen-bond donors (Lipinski definition) is 0. The first-order chi connectivity index (χ1) is 6.59. The molecule has 14 heavy (non-hydrogen) atoms. The zero-order valence-electron chi connectivity index (χ0n) is 9.38. The lowest BCUT2D eigenvalue weighted by Crippen LogP contribution is -2.24. The molecule has 1 aliphatic rings. The molecule has 1 aliphatic carbocycles. The standard InChI is InChI=1S/C13H19N/c1-13(2,3)11-8-4-6-10-7-5-9-14-12(10)11/h5,7,9,11H,4,6,8H2,1-3H3/t11-/m1/s1.